The first kappa shape index (κ1) is 15.9. The maximum atomic E-state index is 12.1. The van der Waals surface area contributed by atoms with Crippen LogP contribution < -0.4 is 10.6 Å². The van der Waals surface area contributed by atoms with Crippen LogP contribution in [0.15, 0.2) is 0 Å². The molecule has 0 saturated carbocycles. The Morgan fingerprint density at radius 1 is 1.37 bits per heavy atom. The van der Waals surface area contributed by atoms with Crippen molar-refractivity contribution >= 4 is 11.9 Å². The van der Waals surface area contributed by atoms with Crippen LogP contribution >= 0.6 is 0 Å². The lowest BCUT2D eigenvalue weighted by Gasteiger charge is -2.21. The van der Waals surface area contributed by atoms with Crippen LogP contribution in [0.2, 0.25) is 0 Å². The first-order chi connectivity index (χ1) is 8.95. The van der Waals surface area contributed by atoms with Gasteiger partial charge in [0.25, 0.3) is 0 Å². The monoisotopic (exact) mass is 272 g/mol. The van der Waals surface area contributed by atoms with Gasteiger partial charge in [-0.2, -0.15) is 0 Å². The Balaban J connectivity index is 2.58. The summed E-state index contributed by atoms with van der Waals surface area (Å²) in [6.45, 7) is 7.42. The van der Waals surface area contributed by atoms with Crippen molar-refractivity contribution in [1.82, 2.24) is 10.6 Å². The minimum absolute atomic E-state index is 0.0292. The normalized spacial score (nSPS) is 24.4. The average Bonchev–Trinajstić information content (AvgIpc) is 2.76. The van der Waals surface area contributed by atoms with Crippen LogP contribution in [-0.2, 0) is 14.3 Å². The first-order valence-electron chi connectivity index (χ1n) is 6.80. The summed E-state index contributed by atoms with van der Waals surface area (Å²) in [5.41, 5.74) is 0. The van der Waals surface area contributed by atoms with Gasteiger partial charge in [0, 0.05) is 6.04 Å². The molecule has 0 aliphatic carbocycles. The number of hydrogen-bond donors (Lipinski definition) is 3. The Labute approximate surface area is 113 Å². The van der Waals surface area contributed by atoms with E-state index in [0.29, 0.717) is 19.6 Å². The van der Waals surface area contributed by atoms with Crippen molar-refractivity contribution in [2.24, 2.45) is 11.8 Å². The molecular weight excluding hydrogens is 248 g/mol. The highest BCUT2D eigenvalue weighted by Crippen LogP contribution is 2.15. The fraction of sp³-hybridized carbons (Fsp3) is 0.846. The van der Waals surface area contributed by atoms with Gasteiger partial charge in [0.15, 0.2) is 0 Å². The molecule has 1 aliphatic heterocycles. The smallest absolute Gasteiger partial charge is 0.326 e. The molecule has 3 N–H and O–H groups in total. The van der Waals surface area contributed by atoms with Crippen molar-refractivity contribution in [3.05, 3.63) is 0 Å². The van der Waals surface area contributed by atoms with Gasteiger partial charge in [-0.05, 0) is 18.9 Å². The zero-order valence-electron chi connectivity index (χ0n) is 11.8. The van der Waals surface area contributed by atoms with Crippen LogP contribution in [0.4, 0.5) is 0 Å². The number of carboxylic acids is 1. The predicted octanol–water partition coefficient (Wildman–Crippen LogP) is 0.226. The number of aliphatic carboxylic acids is 1. The number of rotatable bonds is 7. The van der Waals surface area contributed by atoms with Crippen LogP contribution in [0.5, 0.6) is 0 Å². The largest absolute Gasteiger partial charge is 0.480 e. The summed E-state index contributed by atoms with van der Waals surface area (Å²) in [7, 11) is 0. The second-order valence-electron chi connectivity index (χ2n) is 5.34. The minimum atomic E-state index is -0.985. The Bertz CT molecular complexity index is 320. The van der Waals surface area contributed by atoms with E-state index >= 15 is 0 Å². The van der Waals surface area contributed by atoms with Gasteiger partial charge >= 0.3 is 5.97 Å². The lowest BCUT2D eigenvalue weighted by atomic mass is 10.00. The molecule has 0 bridgehead atoms. The zero-order chi connectivity index (χ0) is 14.4. The van der Waals surface area contributed by atoms with Gasteiger partial charge in [-0.1, -0.05) is 20.8 Å². The molecule has 1 heterocycles. The predicted molar refractivity (Wildman–Crippen MR) is 70.8 cm³/mol. The molecule has 1 rings (SSSR count). The molecule has 0 radical (unpaired) electrons. The van der Waals surface area contributed by atoms with Crippen molar-refractivity contribution in [1.29, 1.82) is 0 Å². The lowest BCUT2D eigenvalue weighted by molar-refractivity contribution is -0.143. The molecule has 19 heavy (non-hydrogen) atoms. The van der Waals surface area contributed by atoms with Crippen molar-refractivity contribution in [2.75, 3.05) is 19.8 Å². The highest BCUT2D eigenvalue weighted by atomic mass is 16.5. The second-order valence-corrected chi connectivity index (χ2v) is 5.34. The number of likely N-dealkylation sites (N-methyl/N-ethyl adjacent to an activating group) is 1. The van der Waals surface area contributed by atoms with Gasteiger partial charge in [-0.3, -0.25) is 4.79 Å². The van der Waals surface area contributed by atoms with E-state index in [0.717, 1.165) is 6.54 Å². The quantitative estimate of drug-likeness (QED) is 0.617. The number of nitrogens with one attached hydrogen (secondary N) is 2. The third-order valence-corrected chi connectivity index (χ3v) is 3.21. The molecule has 6 nitrogen and oxygen atoms in total. The van der Waals surface area contributed by atoms with E-state index in [4.69, 9.17) is 9.84 Å². The van der Waals surface area contributed by atoms with Crippen molar-refractivity contribution < 1.29 is 19.4 Å². The molecule has 1 saturated heterocycles. The maximum absolute atomic E-state index is 12.1. The Morgan fingerprint density at radius 3 is 2.58 bits per heavy atom. The molecule has 1 aliphatic rings. The van der Waals surface area contributed by atoms with Crippen LogP contribution in [0.25, 0.3) is 0 Å². The molecule has 3 unspecified atom stereocenters. The summed E-state index contributed by atoms with van der Waals surface area (Å²) in [5.74, 6) is -1.32. The van der Waals surface area contributed by atoms with E-state index in [1.54, 1.807) is 0 Å². The number of carbonyl (C=O) groups excluding carboxylic acids is 1. The van der Waals surface area contributed by atoms with Gasteiger partial charge in [-0.15, -0.1) is 0 Å². The van der Waals surface area contributed by atoms with Crippen molar-refractivity contribution in [2.45, 2.75) is 39.3 Å². The molecule has 3 atom stereocenters. The first-order valence-corrected chi connectivity index (χ1v) is 6.80. The fourth-order valence-corrected chi connectivity index (χ4v) is 2.25. The summed E-state index contributed by atoms with van der Waals surface area (Å²) >= 11 is 0. The van der Waals surface area contributed by atoms with Crippen LogP contribution in [0.3, 0.4) is 0 Å². The summed E-state index contributed by atoms with van der Waals surface area (Å²) in [5, 5.41) is 14.9. The molecule has 1 fully saturated rings. The third kappa shape index (κ3) is 4.80. The van der Waals surface area contributed by atoms with Crippen LogP contribution in [-0.4, -0.2) is 48.8 Å². The van der Waals surface area contributed by atoms with E-state index < -0.39 is 12.0 Å². The highest BCUT2D eigenvalue weighted by Gasteiger charge is 2.35. The third-order valence-electron chi connectivity index (χ3n) is 3.21. The molecular formula is C13H24N2O4. The van der Waals surface area contributed by atoms with E-state index in [1.807, 2.05) is 20.8 Å². The number of amides is 1. The molecule has 0 aromatic heterocycles. The molecule has 0 aromatic carbocycles. The van der Waals surface area contributed by atoms with Gasteiger partial charge in [0.05, 0.1) is 19.1 Å². The maximum Gasteiger partial charge on any atom is 0.326 e. The van der Waals surface area contributed by atoms with E-state index in [-0.39, 0.29) is 23.8 Å². The highest BCUT2D eigenvalue weighted by molar-refractivity contribution is 5.85. The van der Waals surface area contributed by atoms with Gasteiger partial charge in [0.1, 0.15) is 6.04 Å². The number of ether oxygens (including phenoxy) is 1. The SMILES string of the molecule is CCNC1COCC1C(=O)NC(CC(C)C)C(=O)O. The van der Waals surface area contributed by atoms with Crippen molar-refractivity contribution in [3.63, 3.8) is 0 Å². The van der Waals surface area contributed by atoms with Crippen LogP contribution in [0, 0.1) is 11.8 Å². The van der Waals surface area contributed by atoms with Gasteiger partial charge < -0.3 is 20.5 Å². The average molecular weight is 272 g/mol. The topological polar surface area (TPSA) is 87.7 Å². The molecule has 1 amide bonds. The lowest BCUT2D eigenvalue weighted by Crippen LogP contribution is -2.49. The van der Waals surface area contributed by atoms with E-state index in [9.17, 15) is 9.59 Å². The van der Waals surface area contributed by atoms with Crippen LogP contribution in [0.1, 0.15) is 27.2 Å². The van der Waals surface area contributed by atoms with Gasteiger partial charge in [-0.25, -0.2) is 4.79 Å². The number of carboxylic acid groups (broad SMARTS) is 1. The molecule has 0 spiro atoms. The standard InChI is InChI=1S/C13H24N2O4/c1-4-14-11-7-19-6-9(11)12(16)15-10(13(17)18)5-8(2)3/h8-11,14H,4-7H2,1-3H3,(H,15,16)(H,17,18). The Morgan fingerprint density at radius 2 is 2.05 bits per heavy atom. The fourth-order valence-electron chi connectivity index (χ4n) is 2.25. The summed E-state index contributed by atoms with van der Waals surface area (Å²) in [4.78, 5) is 23.3. The van der Waals surface area contributed by atoms with Crippen molar-refractivity contribution in [3.8, 4) is 0 Å². The Kier molecular flexibility index (Phi) is 6.24. The minimum Gasteiger partial charge on any atom is -0.480 e. The summed E-state index contributed by atoms with van der Waals surface area (Å²) in [6, 6.07) is -0.853. The molecule has 110 valence electrons. The number of carbonyl (C=O) groups is 2. The van der Waals surface area contributed by atoms with E-state index in [1.165, 1.54) is 0 Å². The zero-order valence-corrected chi connectivity index (χ0v) is 11.8. The van der Waals surface area contributed by atoms with Gasteiger partial charge in [0.2, 0.25) is 5.91 Å². The Hall–Kier alpha value is -1.14. The molecule has 6 heteroatoms. The summed E-state index contributed by atoms with van der Waals surface area (Å²) in [6.07, 6.45) is 0.431. The van der Waals surface area contributed by atoms with E-state index in [2.05, 4.69) is 10.6 Å². The molecule has 0 aromatic rings. The second kappa shape index (κ2) is 7.45. The summed E-state index contributed by atoms with van der Waals surface area (Å²) < 4.78 is 5.30. The number of hydrogen-bond acceptors (Lipinski definition) is 4.